The molecule has 0 unspecified atom stereocenters. The van der Waals surface area contributed by atoms with Crippen molar-refractivity contribution in [3.8, 4) is 21.6 Å². The molecule has 5 amide bonds. The summed E-state index contributed by atoms with van der Waals surface area (Å²) in [5.41, 5.74) is 4.83. The summed E-state index contributed by atoms with van der Waals surface area (Å²) in [6.45, 7) is 11.6. The van der Waals surface area contributed by atoms with Gasteiger partial charge < -0.3 is 25.4 Å². The zero-order chi connectivity index (χ0) is 59.4. The minimum Gasteiger partial charge on any atom is -0.369 e. The van der Waals surface area contributed by atoms with Gasteiger partial charge in [0.2, 0.25) is 35.3 Å². The molecule has 20 nitrogen and oxygen atoms in total. The number of rotatable bonds is 17. The van der Waals surface area contributed by atoms with E-state index in [-0.39, 0.29) is 81.2 Å². The average Bonchev–Trinajstić information content (AvgIpc) is 4.39. The number of amides is 5. The maximum absolute atomic E-state index is 15.9. The Morgan fingerprint density at radius 2 is 1.55 bits per heavy atom. The van der Waals surface area contributed by atoms with Gasteiger partial charge in [0.15, 0.2) is 5.82 Å². The lowest BCUT2D eigenvalue weighted by Crippen LogP contribution is -2.65. The van der Waals surface area contributed by atoms with Crippen molar-refractivity contribution in [2.24, 2.45) is 5.41 Å². The summed E-state index contributed by atoms with van der Waals surface area (Å²) < 4.78 is 73.5. The number of benzene rings is 3. The third-order valence-corrected chi connectivity index (χ3v) is 19.1. The number of pyridine rings is 1. The molecule has 0 radical (unpaired) electrons. The Balaban J connectivity index is 0.675. The number of thiazole rings is 1. The Kier molecular flexibility index (Phi) is 16.3. The molecule has 0 spiro atoms. The predicted octanol–water partition coefficient (Wildman–Crippen LogP) is 5.64. The lowest BCUT2D eigenvalue weighted by molar-refractivity contribution is -0.145. The number of aromatic nitrogens is 3. The fourth-order valence-electron chi connectivity index (χ4n) is 11.9. The zero-order valence-corrected chi connectivity index (χ0v) is 48.5. The molecule has 5 aliphatic heterocycles. The highest BCUT2D eigenvalue weighted by atomic mass is 32.2. The number of fused-ring (bicyclic) bond motifs is 1. The van der Waals surface area contributed by atoms with Crippen LogP contribution in [0.1, 0.15) is 73.6 Å². The van der Waals surface area contributed by atoms with E-state index in [0.717, 1.165) is 75.6 Å². The van der Waals surface area contributed by atoms with Crippen LogP contribution < -0.4 is 20.3 Å². The predicted molar refractivity (Wildman–Crippen MR) is 309 cm³/mol. The number of piperazine rings is 1. The molecular weight excluding hydrogens is 1130 g/mol. The van der Waals surface area contributed by atoms with Crippen molar-refractivity contribution in [2.75, 3.05) is 75.1 Å². The van der Waals surface area contributed by atoms with Gasteiger partial charge in [0, 0.05) is 119 Å². The van der Waals surface area contributed by atoms with E-state index in [0.29, 0.717) is 29.7 Å². The molecule has 0 aliphatic carbocycles. The Bertz CT molecular complexity index is 3640. The molecule has 84 heavy (non-hydrogen) atoms. The van der Waals surface area contributed by atoms with Crippen LogP contribution in [0.25, 0.3) is 32.6 Å². The van der Waals surface area contributed by atoms with Crippen molar-refractivity contribution < 1.29 is 50.4 Å². The van der Waals surface area contributed by atoms with E-state index in [1.54, 1.807) is 29.1 Å². The number of aromatic amines is 1. The summed E-state index contributed by atoms with van der Waals surface area (Å²) in [4.78, 5) is 104. The number of hydrogen-bond donors (Lipinski definition) is 4. The number of likely N-dealkylation sites (tertiary alicyclic amines) is 3. The first-order valence-corrected chi connectivity index (χ1v) is 30.4. The number of imide groups is 1. The lowest BCUT2D eigenvalue weighted by atomic mass is 9.85. The molecule has 11 rings (SSSR count). The van der Waals surface area contributed by atoms with E-state index < -0.39 is 86.9 Å². The van der Waals surface area contributed by atoms with Crippen LogP contribution in [0, 0.1) is 24.0 Å². The van der Waals surface area contributed by atoms with Crippen molar-refractivity contribution in [2.45, 2.75) is 90.3 Å². The van der Waals surface area contributed by atoms with E-state index in [1.807, 2.05) is 85.8 Å². The van der Waals surface area contributed by atoms with Crippen LogP contribution in [0.15, 0.2) is 84.6 Å². The van der Waals surface area contributed by atoms with Gasteiger partial charge in [-0.2, -0.15) is 12.7 Å². The largest absolute Gasteiger partial charge is 0.369 e. The Labute approximate surface area is 487 Å². The van der Waals surface area contributed by atoms with Crippen molar-refractivity contribution in [3.63, 3.8) is 0 Å². The summed E-state index contributed by atoms with van der Waals surface area (Å²) in [7, 11) is -4.39. The van der Waals surface area contributed by atoms with Crippen LogP contribution >= 0.6 is 11.3 Å². The fraction of sp³-hybridized carbons (Fsp3) is 0.424. The Hall–Kier alpha value is -7.58. The van der Waals surface area contributed by atoms with Gasteiger partial charge in [-0.05, 0) is 72.2 Å². The summed E-state index contributed by atoms with van der Waals surface area (Å²) in [6, 6.07) is 16.5. The highest BCUT2D eigenvalue weighted by Crippen LogP contribution is 2.34. The topological polar surface area (TPSA) is 234 Å². The monoisotopic (exact) mass is 1190 g/mol. The molecule has 3 aromatic heterocycles. The standard InChI is InChI=1S/C59H65F3N12O8S2/c1-34-54(83-33-66-34)37-7-5-35(6-8-37)25-65-57(79)47-24-41(74-49(76)15-16-50(74)77)31-73(47)58(80)55(59(2,3)4)67-48(75)32-69-29-42(30-69)71-21-19-70(20-22-71)40-11-9-36(10-12-40)38-23-43-44(27-64-56(43)63-26-38)53(78)51-45(61)13-14-46(52(51)62)68-84(81,82)72-18-17-39(60)28-72/h5-14,23,26-27,33,39,41-42,47,55,68H,15-22,24-25,28-32H2,1-4H3,(H,63,64)(H,65,79)(H,67,75)/t39-,41-,47+,55-/m1/s1. The summed E-state index contributed by atoms with van der Waals surface area (Å²) in [5, 5.41) is 6.28. The van der Waals surface area contributed by atoms with Gasteiger partial charge in [0.1, 0.15) is 29.7 Å². The van der Waals surface area contributed by atoms with E-state index in [2.05, 4.69) is 35.4 Å². The molecule has 4 atom stereocenters. The van der Waals surface area contributed by atoms with Crippen LogP contribution in [0.3, 0.4) is 0 Å². The number of aryl methyl sites for hydroxylation is 1. The van der Waals surface area contributed by atoms with Gasteiger partial charge in [-0.15, -0.1) is 11.3 Å². The highest BCUT2D eigenvalue weighted by molar-refractivity contribution is 7.90. The quantitative estimate of drug-likeness (QED) is 0.0640. The van der Waals surface area contributed by atoms with E-state index in [1.165, 1.54) is 16.0 Å². The molecule has 6 aromatic rings. The Morgan fingerprint density at radius 3 is 2.20 bits per heavy atom. The molecule has 5 saturated heterocycles. The van der Waals surface area contributed by atoms with E-state index in [9.17, 15) is 41.6 Å². The first kappa shape index (κ1) is 58.2. The number of halogens is 3. The number of ketones is 1. The number of anilines is 2. The summed E-state index contributed by atoms with van der Waals surface area (Å²) >= 11 is 1.55. The summed E-state index contributed by atoms with van der Waals surface area (Å²) in [5.74, 6) is -5.50. The molecule has 8 heterocycles. The number of carbonyl (C=O) groups excluding carboxylic acids is 6. The maximum Gasteiger partial charge on any atom is 0.301 e. The SMILES string of the molecule is Cc1ncsc1-c1ccc(CNC(=O)[C@@H]2C[C@@H](N3C(=O)CCC3=O)CN2C(=O)[C@@H](NC(=O)CN2CC(N3CCN(c4ccc(-c5cnc6[nH]cc(C(=O)c7c(F)ccc(NS(=O)(=O)N8CC[C@@H](F)C8)c7F)c6c5)cc4)CC3)C2)C(C)(C)C)cc1. The molecule has 3 aromatic carbocycles. The number of hydrogen-bond acceptors (Lipinski definition) is 14. The van der Waals surface area contributed by atoms with E-state index in [4.69, 9.17) is 0 Å². The number of H-pyrrole nitrogens is 1. The maximum atomic E-state index is 15.9. The molecule has 0 bridgehead atoms. The second kappa shape index (κ2) is 23.5. The number of alkyl halides is 1. The third kappa shape index (κ3) is 11.9. The molecule has 442 valence electrons. The van der Waals surface area contributed by atoms with Gasteiger partial charge in [-0.25, -0.2) is 23.1 Å². The normalized spacial score (nSPS) is 20.7. The van der Waals surface area contributed by atoms with Crippen LogP contribution in [0.4, 0.5) is 24.5 Å². The smallest absolute Gasteiger partial charge is 0.301 e. The van der Waals surface area contributed by atoms with Crippen molar-refractivity contribution in [3.05, 3.63) is 119 Å². The van der Waals surface area contributed by atoms with E-state index >= 15 is 8.78 Å². The molecule has 5 aliphatic rings. The molecule has 0 saturated carbocycles. The molecule has 25 heteroatoms. The Morgan fingerprint density at radius 1 is 0.845 bits per heavy atom. The van der Waals surface area contributed by atoms with Crippen LogP contribution in [-0.2, 0) is 40.7 Å². The first-order chi connectivity index (χ1) is 40.1. The van der Waals surface area contributed by atoms with Gasteiger partial charge in [0.05, 0.1) is 39.9 Å². The molecule has 4 N–H and O–H groups in total. The van der Waals surface area contributed by atoms with Gasteiger partial charge in [0.25, 0.3) is 0 Å². The zero-order valence-electron chi connectivity index (χ0n) is 46.9. The number of carbonyl (C=O) groups is 6. The van der Waals surface area contributed by atoms with Crippen molar-refractivity contribution in [1.82, 2.24) is 49.5 Å². The highest BCUT2D eigenvalue weighted by Gasteiger charge is 2.49. The van der Waals surface area contributed by atoms with Crippen LogP contribution in [0.2, 0.25) is 0 Å². The second-order valence-electron chi connectivity index (χ2n) is 23.3. The fourth-order valence-corrected chi connectivity index (χ4v) is 14.0. The van der Waals surface area contributed by atoms with Crippen LogP contribution in [0.5, 0.6) is 0 Å². The number of nitrogens with one attached hydrogen (secondary N) is 4. The minimum atomic E-state index is -4.39. The first-order valence-electron chi connectivity index (χ1n) is 28.1. The lowest BCUT2D eigenvalue weighted by Gasteiger charge is -2.48. The average molecular weight is 1190 g/mol. The number of nitrogens with zero attached hydrogens (tertiary/aromatic N) is 8. The van der Waals surface area contributed by atoms with Crippen molar-refractivity contribution in [1.29, 1.82) is 0 Å². The van der Waals surface area contributed by atoms with Crippen LogP contribution in [-0.4, -0.2) is 178 Å². The minimum absolute atomic E-state index is 0.0145. The second-order valence-corrected chi connectivity index (χ2v) is 25.8. The van der Waals surface area contributed by atoms with Gasteiger partial charge in [-0.3, -0.25) is 48.2 Å². The third-order valence-electron chi connectivity index (χ3n) is 16.6. The molecular formula is C59H65F3N12O8S2. The van der Waals surface area contributed by atoms with Gasteiger partial charge in [-0.1, -0.05) is 57.2 Å². The molecule has 5 fully saturated rings. The van der Waals surface area contributed by atoms with Gasteiger partial charge >= 0.3 is 10.2 Å². The van der Waals surface area contributed by atoms with Crippen molar-refractivity contribution >= 4 is 79.3 Å². The summed E-state index contributed by atoms with van der Waals surface area (Å²) in [6.07, 6.45) is 1.77.